The van der Waals surface area contributed by atoms with Gasteiger partial charge in [-0.25, -0.2) is 0 Å². The molecule has 4 nitrogen and oxygen atoms in total. The fourth-order valence-electron chi connectivity index (χ4n) is 2.17. The average Bonchev–Trinajstić information content (AvgIpc) is 3.13. The van der Waals surface area contributed by atoms with E-state index in [4.69, 9.17) is 4.74 Å². The predicted molar refractivity (Wildman–Crippen MR) is 79.3 cm³/mol. The molecule has 0 aliphatic carbocycles. The van der Waals surface area contributed by atoms with Crippen molar-refractivity contribution in [2.45, 2.75) is 44.5 Å². The van der Waals surface area contributed by atoms with E-state index in [-0.39, 0.29) is 12.0 Å². The molecule has 0 bridgehead atoms. The molecule has 1 aromatic carbocycles. The molecule has 0 saturated carbocycles. The highest BCUT2D eigenvalue weighted by Crippen LogP contribution is 2.48. The summed E-state index contributed by atoms with van der Waals surface area (Å²) in [5.74, 6) is -0.293. The molecule has 0 aromatic heterocycles. The smallest absolute Gasteiger partial charge is 0.330 e. The fraction of sp³-hybridized carbons (Fsp3) is 0.533. The van der Waals surface area contributed by atoms with Crippen LogP contribution in [0, 0.1) is 0 Å². The van der Waals surface area contributed by atoms with E-state index in [2.05, 4.69) is 0 Å². The third-order valence-corrected chi connectivity index (χ3v) is 5.03. The molecule has 1 aromatic rings. The van der Waals surface area contributed by atoms with Gasteiger partial charge in [-0.15, -0.1) is 4.31 Å². The number of hydrogen-bond donors (Lipinski definition) is 0. The Morgan fingerprint density at radius 3 is 2.45 bits per heavy atom. The highest BCUT2D eigenvalue weighted by molar-refractivity contribution is 7.90. The van der Waals surface area contributed by atoms with E-state index >= 15 is 0 Å². The minimum atomic E-state index is -1.23. The molecule has 1 aliphatic rings. The molecule has 2 rings (SSSR count). The SMILES string of the molecule is CCOC(=O)[C@H]1[C@@H](c2ccccc2)N1[S+]([O-])C(C)(C)C. The first kappa shape index (κ1) is 15.4. The number of hydrogen-bond acceptors (Lipinski definition) is 4. The van der Waals surface area contributed by atoms with Crippen molar-refractivity contribution < 1.29 is 14.1 Å². The number of carbonyl (C=O) groups is 1. The van der Waals surface area contributed by atoms with Gasteiger partial charge in [-0.1, -0.05) is 30.3 Å². The molecule has 1 heterocycles. The van der Waals surface area contributed by atoms with Gasteiger partial charge in [0.15, 0.2) is 6.04 Å². The first-order chi connectivity index (χ1) is 9.38. The summed E-state index contributed by atoms with van der Waals surface area (Å²) in [7, 11) is 0. The van der Waals surface area contributed by atoms with Crippen LogP contribution in [0.3, 0.4) is 0 Å². The van der Waals surface area contributed by atoms with Crippen LogP contribution < -0.4 is 0 Å². The summed E-state index contributed by atoms with van der Waals surface area (Å²) in [5.41, 5.74) is 1.00. The first-order valence-electron chi connectivity index (χ1n) is 6.80. The van der Waals surface area contributed by atoms with E-state index < -0.39 is 22.2 Å². The van der Waals surface area contributed by atoms with Crippen LogP contribution in [0.1, 0.15) is 39.3 Å². The maximum atomic E-state index is 12.6. The van der Waals surface area contributed by atoms with E-state index in [0.717, 1.165) is 5.56 Å². The Bertz CT molecular complexity index is 472. The monoisotopic (exact) mass is 295 g/mol. The Labute approximate surface area is 123 Å². The van der Waals surface area contributed by atoms with Crippen LogP contribution in [-0.4, -0.2) is 32.2 Å². The largest absolute Gasteiger partial charge is 0.597 e. The van der Waals surface area contributed by atoms with Crippen molar-refractivity contribution in [2.24, 2.45) is 0 Å². The van der Waals surface area contributed by atoms with Gasteiger partial charge in [-0.2, -0.15) is 0 Å². The molecule has 1 fully saturated rings. The fourth-order valence-corrected chi connectivity index (χ4v) is 3.60. The van der Waals surface area contributed by atoms with Gasteiger partial charge in [0.1, 0.15) is 10.8 Å². The lowest BCUT2D eigenvalue weighted by Crippen LogP contribution is -2.35. The van der Waals surface area contributed by atoms with E-state index in [1.165, 1.54) is 0 Å². The Morgan fingerprint density at radius 2 is 1.95 bits per heavy atom. The molecule has 1 saturated heterocycles. The van der Waals surface area contributed by atoms with E-state index in [0.29, 0.717) is 6.61 Å². The zero-order valence-electron chi connectivity index (χ0n) is 12.3. The van der Waals surface area contributed by atoms with Gasteiger partial charge in [0.05, 0.1) is 6.61 Å². The lowest BCUT2D eigenvalue weighted by molar-refractivity contribution is -0.143. The number of carbonyl (C=O) groups excluding carboxylic acids is 1. The van der Waals surface area contributed by atoms with Gasteiger partial charge < -0.3 is 9.29 Å². The van der Waals surface area contributed by atoms with Gasteiger partial charge in [-0.05, 0) is 33.3 Å². The summed E-state index contributed by atoms with van der Waals surface area (Å²) in [6.45, 7) is 7.85. The molecule has 0 amide bonds. The number of nitrogens with zero attached hydrogens (tertiary/aromatic N) is 1. The van der Waals surface area contributed by atoms with Gasteiger partial charge in [-0.3, -0.25) is 4.79 Å². The lowest BCUT2D eigenvalue weighted by Gasteiger charge is -2.24. The summed E-state index contributed by atoms with van der Waals surface area (Å²) in [5, 5.41) is 0. The second-order valence-electron chi connectivity index (χ2n) is 5.77. The molecule has 110 valence electrons. The Hall–Kier alpha value is -1.04. The van der Waals surface area contributed by atoms with Gasteiger partial charge in [0.2, 0.25) is 0 Å². The standard InChI is InChI=1S/C15H21NO3S/c1-5-19-14(17)13-12(11-9-7-6-8-10-11)16(13)20(18)15(2,3)4/h6-10,12-13H,5H2,1-4H3/t12-,13-,16?,20?/m1/s1. The van der Waals surface area contributed by atoms with Crippen molar-refractivity contribution in [3.63, 3.8) is 0 Å². The van der Waals surface area contributed by atoms with Crippen LogP contribution in [0.2, 0.25) is 0 Å². The summed E-state index contributed by atoms with van der Waals surface area (Å²) < 4.78 is 19.0. The van der Waals surface area contributed by atoms with Gasteiger partial charge in [0, 0.05) is 11.4 Å². The number of esters is 1. The van der Waals surface area contributed by atoms with Crippen LogP contribution in [0.15, 0.2) is 30.3 Å². The highest BCUT2D eigenvalue weighted by atomic mass is 32.2. The van der Waals surface area contributed by atoms with Crippen LogP contribution >= 0.6 is 0 Å². The summed E-state index contributed by atoms with van der Waals surface area (Å²) in [6.07, 6.45) is 0. The minimum Gasteiger partial charge on any atom is -0.597 e. The molecule has 20 heavy (non-hydrogen) atoms. The summed E-state index contributed by atoms with van der Waals surface area (Å²) >= 11 is -1.23. The highest BCUT2D eigenvalue weighted by Gasteiger charge is 2.64. The van der Waals surface area contributed by atoms with Crippen molar-refractivity contribution in [2.75, 3.05) is 6.61 Å². The molecule has 2 unspecified atom stereocenters. The number of ether oxygens (including phenoxy) is 1. The second kappa shape index (κ2) is 5.76. The summed E-state index contributed by atoms with van der Waals surface area (Å²) in [6, 6.07) is 9.11. The topological polar surface area (TPSA) is 52.4 Å². The quantitative estimate of drug-likeness (QED) is 0.486. The molecule has 0 N–H and O–H groups in total. The molecule has 4 atom stereocenters. The van der Waals surface area contributed by atoms with Crippen molar-refractivity contribution in [1.82, 2.24) is 4.31 Å². The van der Waals surface area contributed by atoms with Crippen molar-refractivity contribution in [1.29, 1.82) is 0 Å². The maximum absolute atomic E-state index is 12.6. The Kier molecular flexibility index (Phi) is 4.42. The van der Waals surface area contributed by atoms with E-state index in [1.807, 2.05) is 51.1 Å². The van der Waals surface area contributed by atoms with Crippen LogP contribution in [0.4, 0.5) is 0 Å². The molecular weight excluding hydrogens is 274 g/mol. The number of benzene rings is 1. The number of rotatable bonds is 4. The molecule has 5 heteroatoms. The van der Waals surface area contributed by atoms with Gasteiger partial charge in [0.25, 0.3) is 0 Å². The Morgan fingerprint density at radius 1 is 1.35 bits per heavy atom. The van der Waals surface area contributed by atoms with Crippen LogP contribution in [0.25, 0.3) is 0 Å². The molecular formula is C15H21NO3S. The molecule has 0 spiro atoms. The van der Waals surface area contributed by atoms with Crippen molar-refractivity contribution in [3.05, 3.63) is 35.9 Å². The third kappa shape index (κ3) is 3.00. The van der Waals surface area contributed by atoms with E-state index in [9.17, 15) is 9.35 Å². The predicted octanol–water partition coefficient (Wildman–Crippen LogP) is 2.44. The van der Waals surface area contributed by atoms with E-state index in [1.54, 1.807) is 11.2 Å². The van der Waals surface area contributed by atoms with Crippen molar-refractivity contribution in [3.8, 4) is 0 Å². The molecule has 1 aliphatic heterocycles. The zero-order chi connectivity index (χ0) is 14.9. The zero-order valence-corrected chi connectivity index (χ0v) is 13.1. The maximum Gasteiger partial charge on any atom is 0.330 e. The van der Waals surface area contributed by atoms with Crippen molar-refractivity contribution >= 4 is 17.3 Å². The third-order valence-electron chi connectivity index (χ3n) is 3.14. The van der Waals surface area contributed by atoms with Gasteiger partial charge >= 0.3 is 5.97 Å². The second-order valence-corrected chi connectivity index (χ2v) is 7.92. The molecule has 0 radical (unpaired) electrons. The normalized spacial score (nSPS) is 26.9. The minimum absolute atomic E-state index is 0.143. The first-order valence-corrected chi connectivity index (χ1v) is 7.90. The van der Waals surface area contributed by atoms with Crippen LogP contribution in [-0.2, 0) is 20.9 Å². The summed E-state index contributed by atoms with van der Waals surface area (Å²) in [4.78, 5) is 12.0. The average molecular weight is 295 g/mol. The Balaban J connectivity index is 2.22. The van der Waals surface area contributed by atoms with Crippen LogP contribution in [0.5, 0.6) is 0 Å². The lowest BCUT2D eigenvalue weighted by atomic mass is 10.1.